The molecule has 2 aromatic rings. The van der Waals surface area contributed by atoms with Crippen LogP contribution in [0.3, 0.4) is 0 Å². The Morgan fingerprint density at radius 3 is 2.64 bits per heavy atom. The molecule has 132 valence electrons. The van der Waals surface area contributed by atoms with Crippen LogP contribution in [0.2, 0.25) is 5.02 Å². The number of rotatable bonds is 3. The smallest absolute Gasteiger partial charge is 0.406 e. The Morgan fingerprint density at radius 2 is 1.96 bits per heavy atom. The molecule has 0 bridgehead atoms. The summed E-state index contributed by atoms with van der Waals surface area (Å²) in [6.45, 7) is 0.318. The van der Waals surface area contributed by atoms with Gasteiger partial charge in [0.05, 0.1) is 12.1 Å². The van der Waals surface area contributed by atoms with Gasteiger partial charge in [-0.15, -0.1) is 13.2 Å². The zero-order chi connectivity index (χ0) is 18.2. The average Bonchev–Trinajstić information content (AvgIpc) is 2.91. The third-order valence-corrected chi connectivity index (χ3v) is 4.08. The van der Waals surface area contributed by atoms with Crippen LogP contribution >= 0.6 is 11.6 Å². The van der Waals surface area contributed by atoms with Gasteiger partial charge in [0.15, 0.2) is 0 Å². The highest BCUT2D eigenvalue weighted by molar-refractivity contribution is 6.30. The van der Waals surface area contributed by atoms with Crippen LogP contribution in [0.25, 0.3) is 0 Å². The van der Waals surface area contributed by atoms with Crippen LogP contribution in [0.4, 0.5) is 23.2 Å². The van der Waals surface area contributed by atoms with Crippen LogP contribution in [-0.2, 0) is 17.6 Å². The molecule has 0 saturated heterocycles. The normalized spacial score (nSPS) is 13.7. The van der Waals surface area contributed by atoms with E-state index < -0.39 is 23.8 Å². The second-order valence-corrected chi connectivity index (χ2v) is 5.98. The van der Waals surface area contributed by atoms with E-state index in [1.54, 1.807) is 0 Å². The first kappa shape index (κ1) is 17.5. The van der Waals surface area contributed by atoms with E-state index in [9.17, 15) is 22.4 Å². The minimum atomic E-state index is -4.81. The second kappa shape index (κ2) is 6.55. The van der Waals surface area contributed by atoms with Gasteiger partial charge in [0.25, 0.3) is 0 Å². The highest BCUT2D eigenvalue weighted by atomic mass is 35.5. The van der Waals surface area contributed by atoms with E-state index in [1.165, 1.54) is 35.2 Å². The molecule has 3 nitrogen and oxygen atoms in total. The number of hydrogen-bond donors (Lipinski definition) is 0. The summed E-state index contributed by atoms with van der Waals surface area (Å²) in [5, 5.41) is 0.217. The largest absolute Gasteiger partial charge is 0.573 e. The number of hydrogen-bond acceptors (Lipinski definition) is 2. The molecule has 1 aliphatic rings. The number of carbonyl (C=O) groups is 1. The predicted octanol–water partition coefficient (Wildman–Crippen LogP) is 4.51. The number of alkyl halides is 3. The van der Waals surface area contributed by atoms with Gasteiger partial charge in [0.2, 0.25) is 5.91 Å². The number of amides is 1. The molecule has 0 fully saturated rings. The lowest BCUT2D eigenvalue weighted by atomic mass is 10.1. The molecule has 0 N–H and O–H groups in total. The highest BCUT2D eigenvalue weighted by Gasteiger charge is 2.32. The number of anilines is 1. The van der Waals surface area contributed by atoms with E-state index in [0.717, 1.165) is 11.6 Å². The molecule has 1 amide bonds. The lowest BCUT2D eigenvalue weighted by Gasteiger charge is -2.19. The summed E-state index contributed by atoms with van der Waals surface area (Å²) in [5.74, 6) is -1.41. The first-order valence-electron chi connectivity index (χ1n) is 7.36. The van der Waals surface area contributed by atoms with Crippen molar-refractivity contribution in [2.75, 3.05) is 11.4 Å². The predicted molar refractivity (Wildman–Crippen MR) is 84.3 cm³/mol. The topological polar surface area (TPSA) is 29.5 Å². The van der Waals surface area contributed by atoms with Gasteiger partial charge >= 0.3 is 6.36 Å². The van der Waals surface area contributed by atoms with Gasteiger partial charge in [-0.05, 0) is 35.7 Å². The van der Waals surface area contributed by atoms with Gasteiger partial charge in [-0.1, -0.05) is 23.7 Å². The van der Waals surface area contributed by atoms with Crippen LogP contribution < -0.4 is 9.64 Å². The Hall–Kier alpha value is -2.28. The molecule has 0 atom stereocenters. The maximum absolute atomic E-state index is 13.8. The first-order valence-corrected chi connectivity index (χ1v) is 7.74. The van der Waals surface area contributed by atoms with Crippen LogP contribution in [0.5, 0.6) is 5.75 Å². The van der Waals surface area contributed by atoms with E-state index in [2.05, 4.69) is 4.74 Å². The molecule has 0 aliphatic carbocycles. The van der Waals surface area contributed by atoms with E-state index in [4.69, 9.17) is 11.6 Å². The number of ether oxygens (including phenoxy) is 1. The van der Waals surface area contributed by atoms with Crippen molar-refractivity contribution in [3.05, 3.63) is 58.4 Å². The molecule has 3 rings (SSSR count). The van der Waals surface area contributed by atoms with Gasteiger partial charge in [-0.3, -0.25) is 4.79 Å². The Bertz CT molecular complexity index is 823. The molecule has 0 spiro atoms. The van der Waals surface area contributed by atoms with Crippen LogP contribution in [0.1, 0.15) is 11.1 Å². The molecule has 0 saturated carbocycles. The SMILES string of the molecule is O=C(Cc1ccc(Cl)cc1F)N1CCc2ccc(OC(F)(F)F)cc21. The molecule has 0 unspecified atom stereocenters. The van der Waals surface area contributed by atoms with Crippen molar-refractivity contribution in [3.8, 4) is 5.75 Å². The zero-order valence-corrected chi connectivity index (χ0v) is 13.5. The number of fused-ring (bicyclic) bond motifs is 1. The summed E-state index contributed by atoms with van der Waals surface area (Å²) in [5.41, 5.74) is 1.26. The average molecular weight is 374 g/mol. The third kappa shape index (κ3) is 4.04. The van der Waals surface area contributed by atoms with Crippen molar-refractivity contribution in [2.24, 2.45) is 0 Å². The van der Waals surface area contributed by atoms with E-state index >= 15 is 0 Å². The summed E-state index contributed by atoms with van der Waals surface area (Å²) in [6, 6.07) is 7.87. The second-order valence-electron chi connectivity index (χ2n) is 5.55. The quantitative estimate of drug-likeness (QED) is 0.741. The van der Waals surface area contributed by atoms with Crippen molar-refractivity contribution in [2.45, 2.75) is 19.2 Å². The molecular weight excluding hydrogens is 362 g/mol. The summed E-state index contributed by atoms with van der Waals surface area (Å²) in [4.78, 5) is 13.8. The summed E-state index contributed by atoms with van der Waals surface area (Å²) in [7, 11) is 0. The van der Waals surface area contributed by atoms with Gasteiger partial charge in [-0.2, -0.15) is 0 Å². The van der Waals surface area contributed by atoms with Crippen molar-refractivity contribution in [3.63, 3.8) is 0 Å². The standard InChI is InChI=1S/C17H12ClF4NO2/c18-12-3-1-11(14(19)8-12)7-16(24)23-6-5-10-2-4-13(9-15(10)23)25-17(20,21)22/h1-4,8-9H,5-7H2. The third-order valence-electron chi connectivity index (χ3n) is 3.84. The summed E-state index contributed by atoms with van der Waals surface area (Å²) >= 11 is 5.68. The molecule has 8 heteroatoms. The summed E-state index contributed by atoms with van der Waals surface area (Å²) < 4.78 is 54.8. The van der Waals surface area contributed by atoms with Crippen molar-refractivity contribution < 1.29 is 27.1 Å². The fourth-order valence-electron chi connectivity index (χ4n) is 2.74. The lowest BCUT2D eigenvalue weighted by molar-refractivity contribution is -0.274. The van der Waals surface area contributed by atoms with E-state index in [1.807, 2.05) is 0 Å². The maximum atomic E-state index is 13.8. The number of nitrogens with zero attached hydrogens (tertiary/aromatic N) is 1. The van der Waals surface area contributed by atoms with Crippen molar-refractivity contribution in [1.29, 1.82) is 0 Å². The Morgan fingerprint density at radius 1 is 1.20 bits per heavy atom. The molecule has 0 radical (unpaired) electrons. The lowest BCUT2D eigenvalue weighted by Crippen LogP contribution is -2.30. The van der Waals surface area contributed by atoms with Gasteiger partial charge in [-0.25, -0.2) is 4.39 Å². The van der Waals surface area contributed by atoms with Gasteiger partial charge < -0.3 is 9.64 Å². The molecule has 1 heterocycles. The molecule has 0 aromatic heterocycles. The number of carbonyl (C=O) groups excluding carboxylic acids is 1. The minimum Gasteiger partial charge on any atom is -0.406 e. The fourth-order valence-corrected chi connectivity index (χ4v) is 2.90. The molecule has 1 aliphatic heterocycles. The highest BCUT2D eigenvalue weighted by Crippen LogP contribution is 2.34. The Labute approximate surface area is 145 Å². The molecular formula is C17H12ClF4NO2. The Kier molecular flexibility index (Phi) is 4.60. The Balaban J connectivity index is 1.81. The monoisotopic (exact) mass is 373 g/mol. The number of halogens is 5. The van der Waals surface area contributed by atoms with Gasteiger partial charge in [0.1, 0.15) is 11.6 Å². The number of benzene rings is 2. The first-order chi connectivity index (χ1) is 11.7. The van der Waals surface area contributed by atoms with E-state index in [0.29, 0.717) is 18.7 Å². The van der Waals surface area contributed by atoms with Crippen LogP contribution in [-0.4, -0.2) is 18.8 Å². The zero-order valence-electron chi connectivity index (χ0n) is 12.7. The minimum absolute atomic E-state index is 0.172. The summed E-state index contributed by atoms with van der Waals surface area (Å²) in [6.07, 6.45) is -4.52. The van der Waals surface area contributed by atoms with Crippen molar-refractivity contribution in [1.82, 2.24) is 0 Å². The maximum Gasteiger partial charge on any atom is 0.573 e. The van der Waals surface area contributed by atoms with Crippen LogP contribution in [0, 0.1) is 5.82 Å². The fraction of sp³-hybridized carbons (Fsp3) is 0.235. The molecule has 2 aromatic carbocycles. The van der Waals surface area contributed by atoms with E-state index in [-0.39, 0.29) is 17.0 Å². The van der Waals surface area contributed by atoms with Crippen molar-refractivity contribution >= 4 is 23.2 Å². The van der Waals surface area contributed by atoms with Gasteiger partial charge in [0, 0.05) is 17.6 Å². The molecule has 25 heavy (non-hydrogen) atoms. The van der Waals surface area contributed by atoms with Crippen LogP contribution in [0.15, 0.2) is 36.4 Å².